The molecule has 0 bridgehead atoms. The second-order valence-corrected chi connectivity index (χ2v) is 5.85. The third-order valence-corrected chi connectivity index (χ3v) is 4.12. The number of aromatic nitrogens is 3. The van der Waals surface area contributed by atoms with Gasteiger partial charge in [-0.1, -0.05) is 19.9 Å². The minimum absolute atomic E-state index is 0.338. The SMILES string of the molecule is COc1ncccc1CN1CCc2[nH]cnc2[C@@H]1C(C)C. The Balaban J connectivity index is 1.88. The van der Waals surface area contributed by atoms with Crippen molar-refractivity contribution in [2.45, 2.75) is 32.9 Å². The van der Waals surface area contributed by atoms with E-state index in [1.54, 1.807) is 13.3 Å². The molecule has 0 aromatic carbocycles. The fraction of sp³-hybridized carbons (Fsp3) is 0.500. The lowest BCUT2D eigenvalue weighted by Crippen LogP contribution is -2.37. The first-order valence-electron chi connectivity index (χ1n) is 7.44. The summed E-state index contributed by atoms with van der Waals surface area (Å²) in [5, 5.41) is 0. The van der Waals surface area contributed by atoms with Gasteiger partial charge in [-0.15, -0.1) is 0 Å². The maximum absolute atomic E-state index is 5.38. The number of hydrogen-bond donors (Lipinski definition) is 1. The number of H-pyrrole nitrogens is 1. The molecule has 5 heteroatoms. The summed E-state index contributed by atoms with van der Waals surface area (Å²) in [4.78, 5) is 14.6. The van der Waals surface area contributed by atoms with Crippen LogP contribution in [0.2, 0.25) is 0 Å². The van der Waals surface area contributed by atoms with Gasteiger partial charge in [-0.25, -0.2) is 9.97 Å². The minimum atomic E-state index is 0.338. The maximum atomic E-state index is 5.38. The Morgan fingerprint density at radius 3 is 3.05 bits per heavy atom. The van der Waals surface area contributed by atoms with E-state index in [1.165, 1.54) is 11.4 Å². The van der Waals surface area contributed by atoms with E-state index in [4.69, 9.17) is 4.74 Å². The molecule has 1 aliphatic rings. The molecule has 0 unspecified atom stereocenters. The number of imidazole rings is 1. The summed E-state index contributed by atoms with van der Waals surface area (Å²) in [5.41, 5.74) is 3.60. The molecule has 1 atom stereocenters. The van der Waals surface area contributed by atoms with Crippen LogP contribution >= 0.6 is 0 Å². The largest absolute Gasteiger partial charge is 0.481 e. The summed E-state index contributed by atoms with van der Waals surface area (Å²) in [7, 11) is 1.67. The highest BCUT2D eigenvalue weighted by Gasteiger charge is 2.32. The average Bonchev–Trinajstić information content (AvgIpc) is 2.95. The molecule has 0 saturated heterocycles. The Morgan fingerprint density at radius 2 is 2.29 bits per heavy atom. The van der Waals surface area contributed by atoms with Crippen molar-refractivity contribution in [2.24, 2.45) is 5.92 Å². The second-order valence-electron chi connectivity index (χ2n) is 5.85. The Hall–Kier alpha value is -1.88. The second kappa shape index (κ2) is 5.85. The number of nitrogens with one attached hydrogen (secondary N) is 1. The zero-order valence-electron chi connectivity index (χ0n) is 12.8. The van der Waals surface area contributed by atoms with E-state index >= 15 is 0 Å². The summed E-state index contributed by atoms with van der Waals surface area (Å²) < 4.78 is 5.38. The molecule has 112 valence electrons. The van der Waals surface area contributed by atoms with Crippen molar-refractivity contribution in [1.29, 1.82) is 0 Å². The topological polar surface area (TPSA) is 54.0 Å². The number of rotatable bonds is 4. The molecule has 2 aromatic heterocycles. The third kappa shape index (κ3) is 2.65. The van der Waals surface area contributed by atoms with Crippen LogP contribution in [0.1, 0.15) is 36.8 Å². The lowest BCUT2D eigenvalue weighted by molar-refractivity contribution is 0.130. The first-order valence-corrected chi connectivity index (χ1v) is 7.44. The lowest BCUT2D eigenvalue weighted by atomic mass is 9.93. The van der Waals surface area contributed by atoms with Crippen molar-refractivity contribution in [3.05, 3.63) is 41.6 Å². The molecule has 5 nitrogen and oxygen atoms in total. The van der Waals surface area contributed by atoms with Crippen molar-refractivity contribution in [3.63, 3.8) is 0 Å². The fourth-order valence-corrected chi connectivity index (χ4v) is 3.22. The highest BCUT2D eigenvalue weighted by molar-refractivity contribution is 5.27. The summed E-state index contributed by atoms with van der Waals surface area (Å²) in [5.74, 6) is 1.22. The molecule has 0 amide bonds. The minimum Gasteiger partial charge on any atom is -0.481 e. The molecular formula is C16H22N4O. The zero-order chi connectivity index (χ0) is 14.8. The molecule has 0 spiro atoms. The first-order chi connectivity index (χ1) is 10.2. The van der Waals surface area contributed by atoms with Crippen molar-refractivity contribution >= 4 is 0 Å². The fourth-order valence-electron chi connectivity index (χ4n) is 3.22. The number of aromatic amines is 1. The van der Waals surface area contributed by atoms with Gasteiger partial charge in [0.25, 0.3) is 0 Å². The van der Waals surface area contributed by atoms with E-state index in [0.717, 1.165) is 25.1 Å². The first kappa shape index (κ1) is 14.1. The number of ether oxygens (including phenoxy) is 1. The highest BCUT2D eigenvalue weighted by atomic mass is 16.5. The lowest BCUT2D eigenvalue weighted by Gasteiger charge is -2.37. The van der Waals surface area contributed by atoms with Gasteiger partial charge in [0.05, 0.1) is 25.2 Å². The van der Waals surface area contributed by atoms with Crippen LogP contribution in [0.25, 0.3) is 0 Å². The van der Waals surface area contributed by atoms with Crippen molar-refractivity contribution in [3.8, 4) is 5.88 Å². The van der Waals surface area contributed by atoms with E-state index in [9.17, 15) is 0 Å². The molecule has 0 radical (unpaired) electrons. The predicted octanol–water partition coefficient (Wildman–Crippen LogP) is 2.57. The smallest absolute Gasteiger partial charge is 0.217 e. The predicted molar refractivity (Wildman–Crippen MR) is 81.1 cm³/mol. The number of nitrogens with zero attached hydrogens (tertiary/aromatic N) is 3. The molecule has 21 heavy (non-hydrogen) atoms. The van der Waals surface area contributed by atoms with Gasteiger partial charge in [0.1, 0.15) is 0 Å². The van der Waals surface area contributed by atoms with Gasteiger partial charge in [-0.2, -0.15) is 0 Å². The molecule has 0 aliphatic carbocycles. The van der Waals surface area contributed by atoms with Crippen LogP contribution in [0.15, 0.2) is 24.7 Å². The molecule has 1 N–H and O–H groups in total. The Labute approximate surface area is 125 Å². The van der Waals surface area contributed by atoms with E-state index in [-0.39, 0.29) is 0 Å². The third-order valence-electron chi connectivity index (χ3n) is 4.12. The molecule has 0 fully saturated rings. The summed E-state index contributed by atoms with van der Waals surface area (Å²) in [6.07, 6.45) is 4.60. The Kier molecular flexibility index (Phi) is 3.92. The quantitative estimate of drug-likeness (QED) is 0.938. The summed E-state index contributed by atoms with van der Waals surface area (Å²) in [6, 6.07) is 4.39. The highest BCUT2D eigenvalue weighted by Crippen LogP contribution is 2.35. The molecule has 3 heterocycles. The van der Waals surface area contributed by atoms with E-state index in [2.05, 4.69) is 39.8 Å². The van der Waals surface area contributed by atoms with Crippen LogP contribution in [0.4, 0.5) is 0 Å². The molecule has 3 rings (SSSR count). The van der Waals surface area contributed by atoms with Crippen LogP contribution < -0.4 is 4.74 Å². The molecule has 1 aliphatic heterocycles. The van der Waals surface area contributed by atoms with Crippen molar-refractivity contribution in [1.82, 2.24) is 19.9 Å². The number of methoxy groups -OCH3 is 1. The van der Waals surface area contributed by atoms with Crippen LogP contribution in [0.5, 0.6) is 5.88 Å². The number of fused-ring (bicyclic) bond motifs is 1. The van der Waals surface area contributed by atoms with Crippen LogP contribution in [0.3, 0.4) is 0 Å². The van der Waals surface area contributed by atoms with Gasteiger partial charge in [0.2, 0.25) is 5.88 Å². The number of pyridine rings is 1. The zero-order valence-corrected chi connectivity index (χ0v) is 12.8. The van der Waals surface area contributed by atoms with E-state index < -0.39 is 0 Å². The van der Waals surface area contributed by atoms with Crippen LogP contribution in [-0.4, -0.2) is 33.5 Å². The Bertz CT molecular complexity index is 608. The van der Waals surface area contributed by atoms with Gasteiger partial charge in [-0.05, 0) is 12.0 Å². The standard InChI is InChI=1S/C16H22N4O/c1-11(2)15-14-13(18-10-19-14)6-8-20(15)9-12-5-4-7-17-16(12)21-3/h4-5,7,10-11,15H,6,8-9H2,1-3H3,(H,18,19)/t15-/m0/s1. The van der Waals surface area contributed by atoms with E-state index in [1.807, 2.05) is 12.4 Å². The van der Waals surface area contributed by atoms with Gasteiger partial charge in [-0.3, -0.25) is 4.90 Å². The van der Waals surface area contributed by atoms with E-state index in [0.29, 0.717) is 17.8 Å². The van der Waals surface area contributed by atoms with Gasteiger partial charge < -0.3 is 9.72 Å². The van der Waals surface area contributed by atoms with Crippen molar-refractivity contribution < 1.29 is 4.74 Å². The summed E-state index contributed by atoms with van der Waals surface area (Å²) >= 11 is 0. The maximum Gasteiger partial charge on any atom is 0.217 e. The Morgan fingerprint density at radius 1 is 1.43 bits per heavy atom. The molecule has 2 aromatic rings. The summed E-state index contributed by atoms with van der Waals surface area (Å²) in [6.45, 7) is 6.37. The monoisotopic (exact) mass is 286 g/mol. The van der Waals surface area contributed by atoms with Gasteiger partial charge in [0.15, 0.2) is 0 Å². The van der Waals surface area contributed by atoms with Crippen LogP contribution in [0, 0.1) is 5.92 Å². The number of hydrogen-bond acceptors (Lipinski definition) is 4. The van der Waals surface area contributed by atoms with Gasteiger partial charge in [0, 0.05) is 37.0 Å². The molecular weight excluding hydrogens is 264 g/mol. The molecule has 0 saturated carbocycles. The average molecular weight is 286 g/mol. The van der Waals surface area contributed by atoms with Crippen LogP contribution in [-0.2, 0) is 13.0 Å². The normalized spacial score (nSPS) is 18.8. The van der Waals surface area contributed by atoms with Gasteiger partial charge >= 0.3 is 0 Å². The van der Waals surface area contributed by atoms with Crippen molar-refractivity contribution in [2.75, 3.05) is 13.7 Å².